The highest BCUT2D eigenvalue weighted by molar-refractivity contribution is 5.95. The van der Waals surface area contributed by atoms with Crippen LogP contribution in [0.4, 0.5) is 5.69 Å². The number of hydrogen-bond donors (Lipinski definition) is 0. The summed E-state index contributed by atoms with van der Waals surface area (Å²) in [5, 5.41) is 4.47. The number of fused-ring (bicyclic) bond motifs is 1. The Kier molecular flexibility index (Phi) is 4.00. The van der Waals surface area contributed by atoms with E-state index in [2.05, 4.69) is 12.0 Å². The SMILES string of the molecule is COc1c(-c2cnn(C3COC3)c2)ccc2c1CC[C@H](C)N2C(C)=O. The molecule has 6 nitrogen and oxygen atoms in total. The smallest absolute Gasteiger partial charge is 0.224 e. The topological polar surface area (TPSA) is 56.6 Å². The second-order valence-electron chi connectivity index (χ2n) is 6.82. The zero-order valence-corrected chi connectivity index (χ0v) is 14.9. The molecule has 25 heavy (non-hydrogen) atoms. The third-order valence-corrected chi connectivity index (χ3v) is 5.20. The molecule has 0 aliphatic carbocycles. The Morgan fingerprint density at radius 1 is 1.36 bits per heavy atom. The molecule has 1 saturated heterocycles. The highest BCUT2D eigenvalue weighted by atomic mass is 16.5. The van der Waals surface area contributed by atoms with Crippen molar-refractivity contribution >= 4 is 11.6 Å². The van der Waals surface area contributed by atoms with Crippen LogP contribution in [-0.4, -0.2) is 42.1 Å². The van der Waals surface area contributed by atoms with Gasteiger partial charge in [-0.25, -0.2) is 0 Å². The standard InChI is InChI=1S/C19H23N3O3/c1-12-4-5-17-18(22(12)13(2)23)7-6-16(19(17)24-3)14-8-20-21(9-14)15-10-25-11-15/h6-9,12,15H,4-5,10-11H2,1-3H3/t12-/m0/s1. The quantitative estimate of drug-likeness (QED) is 0.861. The molecule has 0 spiro atoms. The van der Waals surface area contributed by atoms with Crippen LogP contribution in [0.15, 0.2) is 24.5 Å². The molecule has 1 fully saturated rings. The second-order valence-corrected chi connectivity index (χ2v) is 6.82. The predicted octanol–water partition coefficient (Wildman–Crippen LogP) is 2.82. The molecule has 132 valence electrons. The molecule has 6 heteroatoms. The Morgan fingerprint density at radius 3 is 2.80 bits per heavy atom. The monoisotopic (exact) mass is 341 g/mol. The van der Waals surface area contributed by atoms with Crippen molar-refractivity contribution in [2.75, 3.05) is 25.2 Å². The van der Waals surface area contributed by atoms with Crippen LogP contribution in [0.25, 0.3) is 11.1 Å². The van der Waals surface area contributed by atoms with E-state index >= 15 is 0 Å². The van der Waals surface area contributed by atoms with Crippen LogP contribution in [0.1, 0.15) is 31.9 Å². The van der Waals surface area contributed by atoms with E-state index in [4.69, 9.17) is 9.47 Å². The Bertz CT molecular complexity index is 810. The Hall–Kier alpha value is -2.34. The minimum Gasteiger partial charge on any atom is -0.496 e. The molecule has 3 heterocycles. The molecule has 1 aromatic carbocycles. The summed E-state index contributed by atoms with van der Waals surface area (Å²) in [6, 6.07) is 4.60. The molecule has 4 rings (SSSR count). The third-order valence-electron chi connectivity index (χ3n) is 5.20. The average Bonchev–Trinajstić information content (AvgIpc) is 3.00. The lowest BCUT2D eigenvalue weighted by Gasteiger charge is -2.35. The molecule has 0 bridgehead atoms. The van der Waals surface area contributed by atoms with Crippen molar-refractivity contribution in [2.24, 2.45) is 0 Å². The van der Waals surface area contributed by atoms with Gasteiger partial charge in [-0.1, -0.05) is 0 Å². The number of ether oxygens (including phenoxy) is 2. The van der Waals surface area contributed by atoms with Gasteiger partial charge in [-0.3, -0.25) is 9.48 Å². The summed E-state index contributed by atoms with van der Waals surface area (Å²) in [5.74, 6) is 0.918. The Morgan fingerprint density at radius 2 is 2.16 bits per heavy atom. The first-order valence-electron chi connectivity index (χ1n) is 8.72. The lowest BCUT2D eigenvalue weighted by molar-refractivity contribution is -0.117. The van der Waals surface area contributed by atoms with Crippen LogP contribution >= 0.6 is 0 Å². The molecule has 0 saturated carbocycles. The van der Waals surface area contributed by atoms with E-state index in [-0.39, 0.29) is 11.9 Å². The van der Waals surface area contributed by atoms with Crippen LogP contribution in [0.2, 0.25) is 0 Å². The lowest BCUT2D eigenvalue weighted by atomic mass is 9.92. The summed E-state index contributed by atoms with van der Waals surface area (Å²) in [7, 11) is 1.69. The highest BCUT2D eigenvalue weighted by Gasteiger charge is 2.30. The molecule has 2 aliphatic rings. The minimum atomic E-state index is 0.0704. The maximum absolute atomic E-state index is 12.1. The Balaban J connectivity index is 1.77. The molecule has 2 aliphatic heterocycles. The van der Waals surface area contributed by atoms with Crippen molar-refractivity contribution in [3.63, 3.8) is 0 Å². The van der Waals surface area contributed by atoms with Gasteiger partial charge in [0, 0.05) is 35.9 Å². The average molecular weight is 341 g/mol. The molecular weight excluding hydrogens is 318 g/mol. The number of anilines is 1. The van der Waals surface area contributed by atoms with E-state index in [0.29, 0.717) is 19.3 Å². The summed E-state index contributed by atoms with van der Waals surface area (Å²) >= 11 is 0. The number of methoxy groups -OCH3 is 1. The largest absolute Gasteiger partial charge is 0.496 e. The summed E-state index contributed by atoms with van der Waals surface area (Å²) in [5.41, 5.74) is 4.12. The fraction of sp³-hybridized carbons (Fsp3) is 0.474. The minimum absolute atomic E-state index is 0.0704. The maximum atomic E-state index is 12.1. The molecule has 0 radical (unpaired) electrons. The normalized spacial score (nSPS) is 20.1. The van der Waals surface area contributed by atoms with Gasteiger partial charge in [0.25, 0.3) is 0 Å². The first-order valence-corrected chi connectivity index (χ1v) is 8.72. The number of hydrogen-bond acceptors (Lipinski definition) is 4. The van der Waals surface area contributed by atoms with Gasteiger partial charge < -0.3 is 14.4 Å². The number of benzene rings is 1. The van der Waals surface area contributed by atoms with E-state index in [0.717, 1.165) is 41.0 Å². The van der Waals surface area contributed by atoms with Gasteiger partial charge in [0.2, 0.25) is 5.91 Å². The van der Waals surface area contributed by atoms with Crippen molar-refractivity contribution in [3.05, 3.63) is 30.1 Å². The summed E-state index contributed by atoms with van der Waals surface area (Å²) < 4.78 is 13.0. The second kappa shape index (κ2) is 6.19. The summed E-state index contributed by atoms with van der Waals surface area (Å²) in [6.45, 7) is 5.15. The molecule has 1 aromatic heterocycles. The number of carbonyl (C=O) groups excluding carboxylic acids is 1. The van der Waals surface area contributed by atoms with Crippen molar-refractivity contribution in [2.45, 2.75) is 38.8 Å². The fourth-order valence-electron chi connectivity index (χ4n) is 3.80. The molecule has 1 atom stereocenters. The van der Waals surface area contributed by atoms with Crippen LogP contribution in [0, 0.1) is 0 Å². The van der Waals surface area contributed by atoms with Gasteiger partial charge in [0.1, 0.15) is 5.75 Å². The zero-order chi connectivity index (χ0) is 17.6. The molecule has 1 amide bonds. The number of rotatable bonds is 3. The van der Waals surface area contributed by atoms with Crippen molar-refractivity contribution < 1.29 is 14.3 Å². The lowest BCUT2D eigenvalue weighted by Crippen LogP contribution is -2.40. The first kappa shape index (κ1) is 16.1. The van der Waals surface area contributed by atoms with Crippen molar-refractivity contribution in [1.82, 2.24) is 9.78 Å². The van der Waals surface area contributed by atoms with Crippen LogP contribution in [0.3, 0.4) is 0 Å². The number of nitrogens with zero attached hydrogens (tertiary/aromatic N) is 3. The van der Waals surface area contributed by atoms with E-state index in [1.54, 1.807) is 14.0 Å². The van der Waals surface area contributed by atoms with E-state index in [9.17, 15) is 4.79 Å². The number of amides is 1. The number of carbonyl (C=O) groups is 1. The van der Waals surface area contributed by atoms with E-state index in [1.807, 2.05) is 34.1 Å². The van der Waals surface area contributed by atoms with Crippen molar-refractivity contribution in [3.8, 4) is 16.9 Å². The van der Waals surface area contributed by atoms with Gasteiger partial charge in [0.15, 0.2) is 0 Å². The zero-order valence-electron chi connectivity index (χ0n) is 14.9. The van der Waals surface area contributed by atoms with Gasteiger partial charge in [-0.05, 0) is 31.9 Å². The predicted molar refractivity (Wildman–Crippen MR) is 95.0 cm³/mol. The van der Waals surface area contributed by atoms with Crippen LogP contribution < -0.4 is 9.64 Å². The first-order chi connectivity index (χ1) is 12.1. The summed E-state index contributed by atoms with van der Waals surface area (Å²) in [6.07, 6.45) is 5.76. The molecule has 2 aromatic rings. The van der Waals surface area contributed by atoms with E-state index < -0.39 is 0 Å². The number of aromatic nitrogens is 2. The van der Waals surface area contributed by atoms with Crippen molar-refractivity contribution in [1.29, 1.82) is 0 Å². The third kappa shape index (κ3) is 2.61. The fourth-order valence-corrected chi connectivity index (χ4v) is 3.80. The van der Waals surface area contributed by atoms with Crippen LogP contribution in [0.5, 0.6) is 5.75 Å². The molecule has 0 unspecified atom stereocenters. The highest BCUT2D eigenvalue weighted by Crippen LogP contribution is 2.42. The van der Waals surface area contributed by atoms with Crippen LogP contribution in [-0.2, 0) is 16.0 Å². The molecular formula is C19H23N3O3. The van der Waals surface area contributed by atoms with E-state index in [1.165, 1.54) is 0 Å². The molecule has 0 N–H and O–H groups in total. The maximum Gasteiger partial charge on any atom is 0.224 e. The van der Waals surface area contributed by atoms with Gasteiger partial charge in [-0.15, -0.1) is 0 Å². The van der Waals surface area contributed by atoms with Gasteiger partial charge in [0.05, 0.1) is 38.2 Å². The Labute approximate surface area is 147 Å². The van der Waals surface area contributed by atoms with Gasteiger partial charge in [-0.2, -0.15) is 5.10 Å². The summed E-state index contributed by atoms with van der Waals surface area (Å²) in [4.78, 5) is 14.0. The van der Waals surface area contributed by atoms with Gasteiger partial charge >= 0.3 is 0 Å².